The van der Waals surface area contributed by atoms with Crippen LogP contribution in [0.4, 0.5) is 10.5 Å². The number of rotatable bonds is 7. The number of halogens is 1. The zero-order chi connectivity index (χ0) is 29.9. The molecule has 1 aliphatic rings. The molecule has 0 radical (unpaired) electrons. The first-order valence-electron chi connectivity index (χ1n) is 13.9. The predicted octanol–water partition coefficient (Wildman–Crippen LogP) is 6.22. The molecule has 218 valence electrons. The maximum atomic E-state index is 14.2. The number of nitrogens with zero attached hydrogens (tertiary/aromatic N) is 2. The van der Waals surface area contributed by atoms with Gasteiger partial charge in [-0.25, -0.2) is 4.79 Å². The molecule has 1 N–H and O–H groups in total. The highest BCUT2D eigenvalue weighted by Crippen LogP contribution is 2.35. The van der Waals surface area contributed by atoms with Crippen LogP contribution in [-0.2, 0) is 27.3 Å². The Balaban J connectivity index is 1.65. The van der Waals surface area contributed by atoms with Gasteiger partial charge in [-0.2, -0.15) is 0 Å². The molecule has 0 unspecified atom stereocenters. The molecule has 1 aliphatic heterocycles. The van der Waals surface area contributed by atoms with E-state index in [0.29, 0.717) is 18.6 Å². The highest BCUT2D eigenvalue weighted by molar-refractivity contribution is 9.10. The van der Waals surface area contributed by atoms with Gasteiger partial charge in [0.1, 0.15) is 23.4 Å². The lowest BCUT2D eigenvalue weighted by molar-refractivity contribution is -0.130. The first kappa shape index (κ1) is 30.4. The van der Waals surface area contributed by atoms with Gasteiger partial charge >= 0.3 is 6.09 Å². The minimum absolute atomic E-state index is 0.216. The number of carbonyl (C=O) groups excluding carboxylic acids is 3. The van der Waals surface area contributed by atoms with Crippen molar-refractivity contribution < 1.29 is 23.9 Å². The summed E-state index contributed by atoms with van der Waals surface area (Å²) < 4.78 is 12.2. The molecular formula is C32H38BrN3O5. The van der Waals surface area contributed by atoms with Crippen molar-refractivity contribution in [1.29, 1.82) is 0 Å². The summed E-state index contributed by atoms with van der Waals surface area (Å²) in [6, 6.07) is 16.2. The first-order chi connectivity index (χ1) is 19.4. The quantitative estimate of drug-likeness (QED) is 0.337. The summed E-state index contributed by atoms with van der Waals surface area (Å²) in [4.78, 5) is 43.5. The standard InChI is InChI=1S/C32H38BrN3O5/c1-7-35(31(39)41-32(3,4)5)20(2)29(37)34-26-16-12-21-10-8-9-11-27(21)36(30(26)38)19-25-24-15-14-23(33)18-22(24)13-17-28(25)40-6/h8-11,13-15,17-18,20,26H,7,12,16,19H2,1-6H3,(H,34,37)/t20-,26-/m0/s1. The third kappa shape index (κ3) is 6.84. The summed E-state index contributed by atoms with van der Waals surface area (Å²) in [6.07, 6.45) is 0.475. The third-order valence-corrected chi connectivity index (χ3v) is 7.76. The second-order valence-corrected chi connectivity index (χ2v) is 12.1. The lowest BCUT2D eigenvalue weighted by atomic mass is 10.0. The number of amides is 3. The lowest BCUT2D eigenvalue weighted by Crippen LogP contribution is -2.54. The van der Waals surface area contributed by atoms with E-state index in [9.17, 15) is 14.4 Å². The molecule has 8 nitrogen and oxygen atoms in total. The molecular weight excluding hydrogens is 586 g/mol. The first-order valence-corrected chi connectivity index (χ1v) is 14.7. The Morgan fingerprint density at radius 1 is 1.15 bits per heavy atom. The number of benzene rings is 3. The lowest BCUT2D eigenvalue weighted by Gasteiger charge is -2.32. The van der Waals surface area contributed by atoms with Crippen molar-refractivity contribution in [2.24, 2.45) is 0 Å². The number of anilines is 1. The molecule has 3 aromatic carbocycles. The van der Waals surface area contributed by atoms with Gasteiger partial charge in [0.15, 0.2) is 0 Å². The van der Waals surface area contributed by atoms with Crippen LogP contribution < -0.4 is 15.0 Å². The van der Waals surface area contributed by atoms with Crippen molar-refractivity contribution >= 4 is 50.3 Å². The molecule has 1 heterocycles. The number of ether oxygens (including phenoxy) is 2. The van der Waals surface area contributed by atoms with Gasteiger partial charge in [0.25, 0.3) is 0 Å². The van der Waals surface area contributed by atoms with Gasteiger partial charge in [-0.3, -0.25) is 14.5 Å². The summed E-state index contributed by atoms with van der Waals surface area (Å²) in [7, 11) is 1.62. The monoisotopic (exact) mass is 623 g/mol. The normalized spacial score (nSPS) is 16.0. The van der Waals surface area contributed by atoms with E-state index in [2.05, 4.69) is 21.2 Å². The maximum absolute atomic E-state index is 14.2. The van der Waals surface area contributed by atoms with Crippen molar-refractivity contribution in [2.75, 3.05) is 18.6 Å². The molecule has 0 bridgehead atoms. The highest BCUT2D eigenvalue weighted by atomic mass is 79.9. The van der Waals surface area contributed by atoms with Crippen LogP contribution in [0.3, 0.4) is 0 Å². The van der Waals surface area contributed by atoms with Crippen molar-refractivity contribution in [3.8, 4) is 5.75 Å². The van der Waals surface area contributed by atoms with E-state index < -0.39 is 29.7 Å². The van der Waals surface area contributed by atoms with Gasteiger partial charge in [0.2, 0.25) is 11.8 Å². The van der Waals surface area contributed by atoms with Gasteiger partial charge in [0.05, 0.1) is 13.7 Å². The van der Waals surface area contributed by atoms with Gasteiger partial charge in [-0.15, -0.1) is 0 Å². The Morgan fingerprint density at radius 2 is 1.88 bits per heavy atom. The van der Waals surface area contributed by atoms with Crippen LogP contribution >= 0.6 is 15.9 Å². The fourth-order valence-corrected chi connectivity index (χ4v) is 5.56. The summed E-state index contributed by atoms with van der Waals surface area (Å²) >= 11 is 3.54. The fourth-order valence-electron chi connectivity index (χ4n) is 5.19. The number of likely N-dealkylation sites (N-methyl/N-ethyl adjacent to an activating group) is 1. The van der Waals surface area contributed by atoms with Gasteiger partial charge in [0, 0.05) is 22.3 Å². The average Bonchev–Trinajstić information content (AvgIpc) is 3.04. The van der Waals surface area contributed by atoms with E-state index >= 15 is 0 Å². The number of carbonyl (C=O) groups is 3. The zero-order valence-corrected chi connectivity index (χ0v) is 26.1. The van der Waals surface area contributed by atoms with Gasteiger partial charge in [-0.05, 0) is 88.1 Å². The Labute approximate surface area is 250 Å². The smallest absolute Gasteiger partial charge is 0.410 e. The molecule has 41 heavy (non-hydrogen) atoms. The Hall–Kier alpha value is -3.59. The van der Waals surface area contributed by atoms with Crippen molar-refractivity contribution in [2.45, 2.75) is 71.7 Å². The summed E-state index contributed by atoms with van der Waals surface area (Å²) in [5.74, 6) is 0.0565. The highest BCUT2D eigenvalue weighted by Gasteiger charge is 2.35. The average molecular weight is 625 g/mol. The number of nitrogens with one attached hydrogen (secondary N) is 1. The number of hydrogen-bond acceptors (Lipinski definition) is 5. The fraction of sp³-hybridized carbons (Fsp3) is 0.406. The largest absolute Gasteiger partial charge is 0.496 e. The molecule has 0 spiro atoms. The molecule has 0 aromatic heterocycles. The van der Waals surface area contributed by atoms with E-state index in [4.69, 9.17) is 9.47 Å². The van der Waals surface area contributed by atoms with Gasteiger partial charge < -0.3 is 19.7 Å². The summed E-state index contributed by atoms with van der Waals surface area (Å²) in [6.45, 7) is 9.33. The van der Waals surface area contributed by atoms with Crippen LogP contribution in [0.25, 0.3) is 10.8 Å². The van der Waals surface area contributed by atoms with Crippen LogP contribution in [0.15, 0.2) is 59.1 Å². The van der Waals surface area contributed by atoms with E-state index in [1.54, 1.807) is 46.6 Å². The van der Waals surface area contributed by atoms with E-state index in [1.165, 1.54) is 4.90 Å². The summed E-state index contributed by atoms with van der Waals surface area (Å²) in [5, 5.41) is 4.95. The molecule has 0 saturated carbocycles. The third-order valence-electron chi connectivity index (χ3n) is 7.27. The maximum Gasteiger partial charge on any atom is 0.410 e. The van der Waals surface area contributed by atoms with Crippen molar-refractivity contribution in [1.82, 2.24) is 10.2 Å². The molecule has 3 amide bonds. The summed E-state index contributed by atoms with van der Waals surface area (Å²) in [5.41, 5.74) is 2.02. The number of para-hydroxylation sites is 1. The second kappa shape index (κ2) is 12.5. The molecule has 3 aromatic rings. The van der Waals surface area contributed by atoms with Crippen LogP contribution in [0.1, 0.15) is 52.2 Å². The Bertz CT molecular complexity index is 1450. The number of hydrogen-bond donors (Lipinski definition) is 1. The second-order valence-electron chi connectivity index (χ2n) is 11.2. The molecule has 0 aliphatic carbocycles. The van der Waals surface area contributed by atoms with E-state index in [-0.39, 0.29) is 19.0 Å². The number of aryl methyl sites for hydroxylation is 1. The van der Waals surface area contributed by atoms with Crippen molar-refractivity contribution in [3.63, 3.8) is 0 Å². The zero-order valence-electron chi connectivity index (χ0n) is 24.5. The molecule has 0 saturated heterocycles. The van der Waals surface area contributed by atoms with Crippen LogP contribution in [0.5, 0.6) is 5.75 Å². The molecule has 9 heteroatoms. The minimum Gasteiger partial charge on any atom is -0.496 e. The van der Waals surface area contributed by atoms with E-state index in [0.717, 1.165) is 32.1 Å². The van der Waals surface area contributed by atoms with Crippen molar-refractivity contribution in [3.05, 3.63) is 70.2 Å². The van der Waals surface area contributed by atoms with Gasteiger partial charge in [-0.1, -0.05) is 46.3 Å². The van der Waals surface area contributed by atoms with Crippen LogP contribution in [0.2, 0.25) is 0 Å². The van der Waals surface area contributed by atoms with Crippen LogP contribution in [0, 0.1) is 0 Å². The predicted molar refractivity (Wildman–Crippen MR) is 164 cm³/mol. The number of methoxy groups -OCH3 is 1. The molecule has 0 fully saturated rings. The minimum atomic E-state index is -0.821. The topological polar surface area (TPSA) is 88.2 Å². The van der Waals surface area contributed by atoms with Crippen LogP contribution in [-0.4, -0.2) is 54.1 Å². The number of fused-ring (bicyclic) bond motifs is 2. The Kier molecular flexibility index (Phi) is 9.27. The Morgan fingerprint density at radius 3 is 2.56 bits per heavy atom. The molecule has 4 rings (SSSR count). The van der Waals surface area contributed by atoms with E-state index in [1.807, 2.05) is 54.6 Å². The SMILES string of the molecule is CCN(C(=O)OC(C)(C)C)[C@@H](C)C(=O)N[C@H]1CCc2ccccc2N(Cc2c(OC)ccc3cc(Br)ccc23)C1=O. The molecule has 2 atom stereocenters.